The molecule has 2 aromatic rings. The standard InChI is InChI=1S/C14H12F2N4O2/c1-2-9-5-11(15)13(12(16)6-9)19-14(22)18-10-7-17-20(8-10)3-4-21/h1,5-8,21H,3-4H2,(H2,18,19,22). The Morgan fingerprint density at radius 1 is 1.36 bits per heavy atom. The van der Waals surface area contributed by atoms with E-state index < -0.39 is 23.4 Å². The molecule has 0 spiro atoms. The fourth-order valence-electron chi connectivity index (χ4n) is 1.70. The van der Waals surface area contributed by atoms with Gasteiger partial charge in [-0.05, 0) is 12.1 Å². The van der Waals surface area contributed by atoms with Crippen LogP contribution in [-0.2, 0) is 6.54 Å². The number of carbonyl (C=O) groups excluding carboxylic acids is 1. The van der Waals surface area contributed by atoms with Crippen molar-refractivity contribution in [3.63, 3.8) is 0 Å². The molecule has 0 aliphatic rings. The van der Waals surface area contributed by atoms with E-state index in [2.05, 4.69) is 21.7 Å². The molecule has 8 heteroatoms. The van der Waals surface area contributed by atoms with E-state index in [0.29, 0.717) is 5.69 Å². The summed E-state index contributed by atoms with van der Waals surface area (Å²) < 4.78 is 28.8. The molecule has 1 aromatic heterocycles. The SMILES string of the molecule is C#Cc1cc(F)c(NC(=O)Nc2cnn(CCO)c2)c(F)c1. The molecule has 3 N–H and O–H groups in total. The Kier molecular flexibility index (Phi) is 4.70. The number of terminal acetylenes is 1. The maximum absolute atomic E-state index is 13.7. The summed E-state index contributed by atoms with van der Waals surface area (Å²) in [6.45, 7) is 0.158. The van der Waals surface area contributed by atoms with Gasteiger partial charge in [0.25, 0.3) is 0 Å². The zero-order valence-electron chi connectivity index (χ0n) is 11.3. The van der Waals surface area contributed by atoms with Crippen LogP contribution in [0.25, 0.3) is 0 Å². The van der Waals surface area contributed by atoms with Crippen molar-refractivity contribution in [2.24, 2.45) is 0 Å². The minimum atomic E-state index is -0.973. The quantitative estimate of drug-likeness (QED) is 0.753. The number of amides is 2. The Hall–Kier alpha value is -2.92. The van der Waals surface area contributed by atoms with Crippen molar-refractivity contribution in [2.75, 3.05) is 17.2 Å². The number of urea groups is 1. The van der Waals surface area contributed by atoms with Crippen molar-refractivity contribution in [3.05, 3.63) is 41.7 Å². The van der Waals surface area contributed by atoms with Crippen LogP contribution in [0, 0.1) is 24.0 Å². The van der Waals surface area contributed by atoms with Crippen LogP contribution in [-0.4, -0.2) is 27.5 Å². The summed E-state index contributed by atoms with van der Waals surface area (Å²) in [6, 6.07) is 1.05. The summed E-state index contributed by atoms with van der Waals surface area (Å²) in [7, 11) is 0. The van der Waals surface area contributed by atoms with Crippen LogP contribution in [0.4, 0.5) is 25.0 Å². The van der Waals surface area contributed by atoms with Gasteiger partial charge in [0, 0.05) is 11.8 Å². The second kappa shape index (κ2) is 6.69. The van der Waals surface area contributed by atoms with Crippen molar-refractivity contribution in [2.45, 2.75) is 6.54 Å². The highest BCUT2D eigenvalue weighted by Gasteiger charge is 2.14. The molecule has 0 saturated carbocycles. The average molecular weight is 306 g/mol. The van der Waals surface area contributed by atoms with E-state index in [1.54, 1.807) is 0 Å². The molecule has 0 unspecified atom stereocenters. The topological polar surface area (TPSA) is 79.2 Å². The van der Waals surface area contributed by atoms with E-state index in [4.69, 9.17) is 11.5 Å². The van der Waals surface area contributed by atoms with Crippen molar-refractivity contribution in [3.8, 4) is 12.3 Å². The molecule has 2 amide bonds. The van der Waals surface area contributed by atoms with Gasteiger partial charge in [-0.2, -0.15) is 5.10 Å². The highest BCUT2D eigenvalue weighted by molar-refractivity contribution is 5.99. The molecule has 0 saturated heterocycles. The van der Waals surface area contributed by atoms with E-state index in [0.717, 1.165) is 12.1 Å². The van der Waals surface area contributed by atoms with E-state index in [1.807, 2.05) is 0 Å². The number of nitrogens with one attached hydrogen (secondary N) is 2. The van der Waals surface area contributed by atoms with E-state index >= 15 is 0 Å². The summed E-state index contributed by atoms with van der Waals surface area (Å²) in [4.78, 5) is 11.7. The molecular weight excluding hydrogens is 294 g/mol. The maximum atomic E-state index is 13.7. The lowest BCUT2D eigenvalue weighted by Crippen LogP contribution is -2.20. The van der Waals surface area contributed by atoms with E-state index in [-0.39, 0.29) is 18.7 Å². The first kappa shape index (κ1) is 15.5. The molecule has 22 heavy (non-hydrogen) atoms. The minimum absolute atomic E-state index is 0.0336. The fourth-order valence-corrected chi connectivity index (χ4v) is 1.70. The van der Waals surface area contributed by atoms with Crippen LogP contribution in [0.1, 0.15) is 5.56 Å². The van der Waals surface area contributed by atoms with Gasteiger partial charge in [0.1, 0.15) is 5.69 Å². The van der Waals surface area contributed by atoms with Crippen molar-refractivity contribution < 1.29 is 18.7 Å². The number of rotatable bonds is 4. The molecule has 6 nitrogen and oxygen atoms in total. The van der Waals surface area contributed by atoms with Crippen LogP contribution in [0.5, 0.6) is 0 Å². The third-order valence-electron chi connectivity index (χ3n) is 2.67. The predicted molar refractivity (Wildman–Crippen MR) is 76.2 cm³/mol. The molecule has 0 aliphatic heterocycles. The van der Waals surface area contributed by atoms with Crippen molar-refractivity contribution in [1.82, 2.24) is 9.78 Å². The van der Waals surface area contributed by atoms with E-state index in [1.165, 1.54) is 17.1 Å². The van der Waals surface area contributed by atoms with Crippen LogP contribution >= 0.6 is 0 Å². The number of carbonyl (C=O) groups is 1. The largest absolute Gasteiger partial charge is 0.394 e. The third-order valence-corrected chi connectivity index (χ3v) is 2.67. The highest BCUT2D eigenvalue weighted by Crippen LogP contribution is 2.20. The van der Waals surface area contributed by atoms with Gasteiger partial charge in [0.2, 0.25) is 0 Å². The summed E-state index contributed by atoms with van der Waals surface area (Å²) in [5.41, 5.74) is -0.252. The van der Waals surface area contributed by atoms with Crippen LogP contribution in [0.2, 0.25) is 0 Å². The third kappa shape index (κ3) is 3.59. The molecule has 2 rings (SSSR count). The van der Waals surface area contributed by atoms with Crippen molar-refractivity contribution >= 4 is 17.4 Å². The lowest BCUT2D eigenvalue weighted by atomic mass is 10.2. The number of nitrogens with zero attached hydrogens (tertiary/aromatic N) is 2. The molecule has 0 bridgehead atoms. The molecule has 0 fully saturated rings. The summed E-state index contributed by atoms with van der Waals surface area (Å²) in [6.07, 6.45) is 7.86. The van der Waals surface area contributed by atoms with E-state index in [9.17, 15) is 13.6 Å². The molecular formula is C14H12F2N4O2. The second-order valence-electron chi connectivity index (χ2n) is 4.25. The summed E-state index contributed by atoms with van der Waals surface area (Å²) >= 11 is 0. The molecule has 0 aliphatic carbocycles. The predicted octanol–water partition coefficient (Wildman–Crippen LogP) is 1.78. The van der Waals surface area contributed by atoms with Gasteiger partial charge < -0.3 is 15.7 Å². The lowest BCUT2D eigenvalue weighted by Gasteiger charge is -2.08. The first-order valence-corrected chi connectivity index (χ1v) is 6.20. The van der Waals surface area contributed by atoms with Crippen LogP contribution in [0.15, 0.2) is 24.5 Å². The number of hydrogen-bond acceptors (Lipinski definition) is 3. The Balaban J connectivity index is 2.07. The molecule has 1 aromatic carbocycles. The number of halogens is 2. The van der Waals surface area contributed by atoms with Gasteiger partial charge in [0.05, 0.1) is 25.0 Å². The normalized spacial score (nSPS) is 10.1. The zero-order valence-corrected chi connectivity index (χ0v) is 11.3. The van der Waals surface area contributed by atoms with Gasteiger partial charge >= 0.3 is 6.03 Å². The van der Waals surface area contributed by atoms with Gasteiger partial charge in [0.15, 0.2) is 11.6 Å². The number of hydrogen-bond donors (Lipinski definition) is 3. The minimum Gasteiger partial charge on any atom is -0.394 e. The molecule has 1 heterocycles. The molecule has 0 atom stereocenters. The number of aliphatic hydroxyl groups is 1. The van der Waals surface area contributed by atoms with Crippen LogP contribution < -0.4 is 10.6 Å². The van der Waals surface area contributed by atoms with Gasteiger partial charge in [-0.3, -0.25) is 4.68 Å². The highest BCUT2D eigenvalue weighted by atomic mass is 19.1. The summed E-state index contributed by atoms with van der Waals surface area (Å²) in [5.74, 6) is 0.158. The van der Waals surface area contributed by atoms with Crippen molar-refractivity contribution in [1.29, 1.82) is 0 Å². The number of aromatic nitrogens is 2. The monoisotopic (exact) mass is 306 g/mol. The smallest absolute Gasteiger partial charge is 0.323 e. The molecule has 0 radical (unpaired) electrons. The Morgan fingerprint density at radius 2 is 2.05 bits per heavy atom. The average Bonchev–Trinajstić information content (AvgIpc) is 2.90. The van der Waals surface area contributed by atoms with Crippen LogP contribution in [0.3, 0.4) is 0 Å². The maximum Gasteiger partial charge on any atom is 0.323 e. The Morgan fingerprint density at radius 3 is 2.64 bits per heavy atom. The second-order valence-corrected chi connectivity index (χ2v) is 4.25. The lowest BCUT2D eigenvalue weighted by molar-refractivity contribution is 0.262. The zero-order chi connectivity index (χ0) is 16.1. The van der Waals surface area contributed by atoms with Gasteiger partial charge in [-0.25, -0.2) is 13.6 Å². The van der Waals surface area contributed by atoms with Gasteiger partial charge in [-0.15, -0.1) is 6.42 Å². The Labute approximate surface area is 124 Å². The Bertz CT molecular complexity index is 714. The fraction of sp³-hybridized carbons (Fsp3) is 0.143. The number of aliphatic hydroxyl groups excluding tert-OH is 1. The number of anilines is 2. The number of benzene rings is 1. The van der Waals surface area contributed by atoms with Gasteiger partial charge in [-0.1, -0.05) is 5.92 Å². The first-order chi connectivity index (χ1) is 10.5. The molecule has 114 valence electrons. The first-order valence-electron chi connectivity index (χ1n) is 6.20. The summed E-state index contributed by atoms with van der Waals surface area (Å²) in [5, 5.41) is 17.0.